The Hall–Kier alpha value is -0.840. The van der Waals surface area contributed by atoms with E-state index in [2.05, 4.69) is 20.8 Å². The molecule has 1 aromatic heterocycles. The van der Waals surface area contributed by atoms with Crippen LogP contribution in [0.4, 0.5) is 0 Å². The first-order valence-corrected chi connectivity index (χ1v) is 9.63. The minimum atomic E-state index is -2.98. The highest BCUT2D eigenvalue weighted by Gasteiger charge is 2.13. The van der Waals surface area contributed by atoms with Crippen LogP contribution in [0.3, 0.4) is 0 Å². The first kappa shape index (κ1) is 22.2. The average Bonchev–Trinajstić information content (AvgIpc) is 2.85. The molecule has 134 valence electrons. The molecule has 0 aliphatic carbocycles. The van der Waals surface area contributed by atoms with Crippen molar-refractivity contribution in [3.8, 4) is 0 Å². The van der Waals surface area contributed by atoms with E-state index in [4.69, 9.17) is 4.52 Å². The molecule has 1 rings (SSSR count). The number of hydrogen-bond donors (Lipinski definition) is 2. The van der Waals surface area contributed by atoms with Crippen LogP contribution in [0.25, 0.3) is 0 Å². The fraction of sp³-hybridized carbons (Fsp3) is 0.714. The van der Waals surface area contributed by atoms with Crippen molar-refractivity contribution in [2.75, 3.05) is 25.1 Å². The number of aromatic nitrogens is 1. The van der Waals surface area contributed by atoms with E-state index in [0.717, 1.165) is 29.9 Å². The Morgan fingerprint density at radius 3 is 2.43 bits per heavy atom. The maximum absolute atomic E-state index is 11.2. The molecule has 0 saturated carbocycles. The number of aliphatic imine (C=N–C) groups is 1. The molecule has 0 aliphatic rings. The second kappa shape index (κ2) is 10.8. The molecule has 9 heteroatoms. The number of nitrogens with zero attached hydrogens (tertiary/aromatic N) is 2. The van der Waals surface area contributed by atoms with Crippen molar-refractivity contribution in [1.82, 2.24) is 15.8 Å². The summed E-state index contributed by atoms with van der Waals surface area (Å²) < 4.78 is 27.6. The number of nitrogens with one attached hydrogen (secondary N) is 2. The lowest BCUT2D eigenvalue weighted by Gasteiger charge is -2.10. The Balaban J connectivity index is 0.00000484. The van der Waals surface area contributed by atoms with Crippen LogP contribution in [0.5, 0.6) is 0 Å². The van der Waals surface area contributed by atoms with Gasteiger partial charge in [0.15, 0.2) is 5.96 Å². The number of aryl methyl sites for hydroxylation is 2. The van der Waals surface area contributed by atoms with Gasteiger partial charge in [-0.15, -0.1) is 24.0 Å². The molecule has 23 heavy (non-hydrogen) atoms. The summed E-state index contributed by atoms with van der Waals surface area (Å²) in [5.74, 6) is 1.52. The van der Waals surface area contributed by atoms with Crippen LogP contribution in [-0.4, -0.2) is 44.6 Å². The lowest BCUT2D eigenvalue weighted by Crippen LogP contribution is -2.39. The van der Waals surface area contributed by atoms with E-state index in [1.807, 2.05) is 20.8 Å². The van der Waals surface area contributed by atoms with Crippen molar-refractivity contribution in [3.05, 3.63) is 17.0 Å². The predicted octanol–water partition coefficient (Wildman–Crippen LogP) is 1.52. The minimum absolute atomic E-state index is 0. The highest BCUT2D eigenvalue weighted by atomic mass is 127. The van der Waals surface area contributed by atoms with Crippen molar-refractivity contribution in [2.24, 2.45) is 4.99 Å². The number of guanidine groups is 1. The summed E-state index contributed by atoms with van der Waals surface area (Å²) in [5, 5.41) is 10.2. The fourth-order valence-electron chi connectivity index (χ4n) is 1.97. The largest absolute Gasteiger partial charge is 0.361 e. The lowest BCUT2D eigenvalue weighted by molar-refractivity contribution is 0.380. The number of sulfone groups is 1. The second-order valence-corrected chi connectivity index (χ2v) is 7.25. The molecule has 0 saturated heterocycles. The van der Waals surface area contributed by atoms with E-state index in [1.54, 1.807) is 0 Å². The first-order chi connectivity index (χ1) is 10.4. The van der Waals surface area contributed by atoms with Gasteiger partial charge in [0.25, 0.3) is 0 Å². The summed E-state index contributed by atoms with van der Waals surface area (Å²) in [6, 6.07) is 0. The van der Waals surface area contributed by atoms with Gasteiger partial charge in [-0.3, -0.25) is 0 Å². The average molecular weight is 458 g/mol. The highest BCUT2D eigenvalue weighted by Crippen LogP contribution is 2.16. The second-order valence-electron chi connectivity index (χ2n) is 4.99. The summed E-state index contributed by atoms with van der Waals surface area (Å²) in [6.45, 7) is 7.50. The quantitative estimate of drug-likeness (QED) is 0.349. The molecule has 0 amide bonds. The van der Waals surface area contributed by atoms with Crippen LogP contribution >= 0.6 is 24.0 Å². The molecule has 0 fully saturated rings. The molecular formula is C14H27IN4O3S. The van der Waals surface area contributed by atoms with Gasteiger partial charge in [0.2, 0.25) is 0 Å². The maximum Gasteiger partial charge on any atom is 0.191 e. The van der Waals surface area contributed by atoms with E-state index in [-0.39, 0.29) is 29.7 Å². The third-order valence-electron chi connectivity index (χ3n) is 3.11. The molecule has 0 spiro atoms. The van der Waals surface area contributed by atoms with Crippen LogP contribution in [0.15, 0.2) is 9.52 Å². The number of hydrogen-bond acceptors (Lipinski definition) is 5. The van der Waals surface area contributed by atoms with Gasteiger partial charge < -0.3 is 15.2 Å². The summed E-state index contributed by atoms with van der Waals surface area (Å²) in [6.07, 6.45) is 2.79. The van der Waals surface area contributed by atoms with Gasteiger partial charge in [-0.2, -0.15) is 0 Å². The van der Waals surface area contributed by atoms with E-state index in [1.165, 1.54) is 6.26 Å². The van der Waals surface area contributed by atoms with E-state index in [9.17, 15) is 8.42 Å². The van der Waals surface area contributed by atoms with Gasteiger partial charge in [-0.1, -0.05) is 19.0 Å². The van der Waals surface area contributed by atoms with Crippen LogP contribution < -0.4 is 10.6 Å². The zero-order chi connectivity index (χ0) is 16.6. The van der Waals surface area contributed by atoms with Gasteiger partial charge in [0, 0.05) is 31.3 Å². The zero-order valence-corrected chi connectivity index (χ0v) is 17.3. The smallest absolute Gasteiger partial charge is 0.191 e. The normalized spacial score (nSPS) is 11.9. The van der Waals surface area contributed by atoms with Crippen LogP contribution in [-0.2, 0) is 29.2 Å². The SMILES string of the molecule is CCNC(=NCc1c(CC)noc1CC)NCCS(C)(=O)=O.I. The molecule has 0 aromatic carbocycles. The molecule has 1 aromatic rings. The van der Waals surface area contributed by atoms with Crippen LogP contribution in [0.2, 0.25) is 0 Å². The number of halogens is 1. The van der Waals surface area contributed by atoms with Crippen molar-refractivity contribution in [1.29, 1.82) is 0 Å². The van der Waals surface area contributed by atoms with Gasteiger partial charge in [-0.05, 0) is 13.3 Å². The fourth-order valence-corrected chi connectivity index (χ4v) is 2.44. The zero-order valence-electron chi connectivity index (χ0n) is 14.2. The Labute approximate surface area is 155 Å². The molecule has 0 bridgehead atoms. The van der Waals surface area contributed by atoms with Crippen LogP contribution in [0.1, 0.15) is 37.8 Å². The Bertz CT molecular complexity index is 578. The monoisotopic (exact) mass is 458 g/mol. The minimum Gasteiger partial charge on any atom is -0.361 e. The molecule has 0 radical (unpaired) electrons. The highest BCUT2D eigenvalue weighted by molar-refractivity contribution is 14.0. The Morgan fingerprint density at radius 2 is 1.91 bits per heavy atom. The van der Waals surface area contributed by atoms with Gasteiger partial charge in [-0.25, -0.2) is 13.4 Å². The van der Waals surface area contributed by atoms with Gasteiger partial charge >= 0.3 is 0 Å². The molecule has 0 unspecified atom stereocenters. The molecule has 0 aliphatic heterocycles. The van der Waals surface area contributed by atoms with Crippen molar-refractivity contribution in [2.45, 2.75) is 40.2 Å². The van der Waals surface area contributed by atoms with Gasteiger partial charge in [0.1, 0.15) is 15.6 Å². The first-order valence-electron chi connectivity index (χ1n) is 7.57. The molecule has 0 atom stereocenters. The van der Waals surface area contributed by atoms with Crippen LogP contribution in [0, 0.1) is 0 Å². The third kappa shape index (κ3) is 8.00. The Kier molecular flexibility index (Phi) is 10.4. The van der Waals surface area contributed by atoms with E-state index < -0.39 is 9.84 Å². The van der Waals surface area contributed by atoms with E-state index in [0.29, 0.717) is 25.6 Å². The maximum atomic E-state index is 11.2. The Morgan fingerprint density at radius 1 is 1.22 bits per heavy atom. The summed E-state index contributed by atoms with van der Waals surface area (Å²) >= 11 is 0. The predicted molar refractivity (Wildman–Crippen MR) is 103 cm³/mol. The molecule has 2 N–H and O–H groups in total. The third-order valence-corrected chi connectivity index (χ3v) is 4.06. The standard InChI is InChI=1S/C14H26N4O3S.HI/c1-5-12-11(13(6-2)21-18-12)10-17-14(15-7-3)16-8-9-22(4,19)20;/h5-10H2,1-4H3,(H2,15,16,17);1H. The van der Waals surface area contributed by atoms with Crippen molar-refractivity contribution >= 4 is 39.8 Å². The summed E-state index contributed by atoms with van der Waals surface area (Å²) in [4.78, 5) is 4.49. The summed E-state index contributed by atoms with van der Waals surface area (Å²) in [7, 11) is -2.98. The number of rotatable bonds is 8. The van der Waals surface area contributed by atoms with Crippen molar-refractivity contribution < 1.29 is 12.9 Å². The lowest BCUT2D eigenvalue weighted by atomic mass is 10.1. The topological polar surface area (TPSA) is 96.6 Å². The van der Waals surface area contributed by atoms with Crippen molar-refractivity contribution in [3.63, 3.8) is 0 Å². The molecular weight excluding hydrogens is 431 g/mol. The van der Waals surface area contributed by atoms with E-state index >= 15 is 0 Å². The molecule has 1 heterocycles. The summed E-state index contributed by atoms with van der Waals surface area (Å²) in [5.41, 5.74) is 1.94. The molecule has 7 nitrogen and oxygen atoms in total. The van der Waals surface area contributed by atoms with Gasteiger partial charge in [0.05, 0.1) is 18.0 Å².